The number of carbonyl (C=O) groups excluding carboxylic acids is 3. The number of rotatable bonds is 12. The second kappa shape index (κ2) is 12.7. The van der Waals surface area contributed by atoms with Crippen molar-refractivity contribution >= 4 is 47.7 Å². The van der Waals surface area contributed by atoms with Gasteiger partial charge in [-0.15, -0.1) is 0 Å². The molecule has 1 aromatic heterocycles. The molecule has 2 aromatic carbocycles. The maximum atomic E-state index is 13.6. The van der Waals surface area contributed by atoms with E-state index in [0.717, 1.165) is 5.56 Å². The van der Waals surface area contributed by atoms with Crippen LogP contribution >= 0.6 is 23.2 Å². The van der Waals surface area contributed by atoms with E-state index in [0.29, 0.717) is 47.2 Å². The summed E-state index contributed by atoms with van der Waals surface area (Å²) < 4.78 is 10.7. The molecular formula is C25H23Cl2N3O5. The lowest BCUT2D eigenvalue weighted by Gasteiger charge is -2.22. The molecule has 0 aliphatic rings. The van der Waals surface area contributed by atoms with E-state index >= 15 is 0 Å². The number of ether oxygens (including phenoxy) is 2. The van der Waals surface area contributed by atoms with Crippen molar-refractivity contribution < 1.29 is 23.9 Å². The molecule has 1 N–H and O–H groups in total. The number of pyridine rings is 1. The van der Waals surface area contributed by atoms with Gasteiger partial charge < -0.3 is 19.7 Å². The third-order valence-corrected chi connectivity index (χ3v) is 5.53. The molecule has 0 saturated heterocycles. The van der Waals surface area contributed by atoms with Crippen LogP contribution in [0.4, 0.5) is 5.69 Å². The van der Waals surface area contributed by atoms with Gasteiger partial charge >= 0.3 is 0 Å². The molecule has 0 aliphatic heterocycles. The number of halogens is 2. The summed E-state index contributed by atoms with van der Waals surface area (Å²) in [4.78, 5) is 41.1. The minimum Gasteiger partial charge on any atom is -0.468 e. The van der Waals surface area contributed by atoms with Crippen LogP contribution in [0.3, 0.4) is 0 Å². The largest absolute Gasteiger partial charge is 0.468 e. The Morgan fingerprint density at radius 1 is 1.11 bits per heavy atom. The van der Waals surface area contributed by atoms with E-state index < -0.39 is 0 Å². The number of nitrogens with zero attached hydrogens (tertiary/aromatic N) is 2. The molecule has 0 unspecified atom stereocenters. The van der Waals surface area contributed by atoms with Crippen LogP contribution in [0.5, 0.6) is 11.6 Å². The number of amides is 2. The molecule has 0 aliphatic carbocycles. The smallest absolute Gasteiger partial charge is 0.293 e. The van der Waals surface area contributed by atoms with Crippen molar-refractivity contribution in [3.05, 3.63) is 81.5 Å². The quantitative estimate of drug-likeness (QED) is 0.270. The van der Waals surface area contributed by atoms with Crippen LogP contribution in [-0.4, -0.2) is 48.9 Å². The first kappa shape index (κ1) is 26.0. The monoisotopic (exact) mass is 515 g/mol. The molecule has 3 rings (SSSR count). The topological polar surface area (TPSA) is 97.8 Å². The second-order valence-electron chi connectivity index (χ2n) is 7.50. The molecule has 0 atom stereocenters. The van der Waals surface area contributed by atoms with Gasteiger partial charge in [-0.3, -0.25) is 14.4 Å². The summed E-state index contributed by atoms with van der Waals surface area (Å²) >= 11 is 12.1. The Morgan fingerprint density at radius 3 is 2.57 bits per heavy atom. The highest BCUT2D eigenvalue weighted by Crippen LogP contribution is 2.33. The van der Waals surface area contributed by atoms with E-state index in [1.54, 1.807) is 43.4 Å². The highest BCUT2D eigenvalue weighted by Gasteiger charge is 2.25. The van der Waals surface area contributed by atoms with Gasteiger partial charge in [0.2, 0.25) is 12.3 Å². The van der Waals surface area contributed by atoms with Crippen molar-refractivity contribution in [2.75, 3.05) is 25.5 Å². The Balaban J connectivity index is 2.07. The molecule has 2 amide bonds. The molecule has 0 spiro atoms. The van der Waals surface area contributed by atoms with Crippen molar-refractivity contribution in [2.45, 2.75) is 12.8 Å². The highest BCUT2D eigenvalue weighted by atomic mass is 35.5. The van der Waals surface area contributed by atoms with E-state index in [1.807, 2.05) is 12.1 Å². The van der Waals surface area contributed by atoms with Crippen LogP contribution in [-0.2, 0) is 20.7 Å². The van der Waals surface area contributed by atoms with Crippen LogP contribution in [0.1, 0.15) is 27.9 Å². The average molecular weight is 516 g/mol. The van der Waals surface area contributed by atoms with Gasteiger partial charge in [0, 0.05) is 35.6 Å². The maximum absolute atomic E-state index is 13.6. The summed E-state index contributed by atoms with van der Waals surface area (Å²) in [6.45, 7) is 0.860. The van der Waals surface area contributed by atoms with Gasteiger partial charge in [0.15, 0.2) is 0 Å². The summed E-state index contributed by atoms with van der Waals surface area (Å²) in [6, 6.07) is 14.0. The van der Waals surface area contributed by atoms with Gasteiger partial charge in [-0.2, -0.15) is 0 Å². The standard InChI is InChI=1S/C25H23Cl2N3O5/c1-30(10-3-11-34-16-32)25(33)23-21(12-17-6-8-18(26)9-7-17)24(28-14-22(23)29-15-31)35-20-5-2-4-19(27)13-20/h2,4-9,13-16H,3,10-12H2,1H3,(H,29,31). The van der Waals surface area contributed by atoms with E-state index in [2.05, 4.69) is 10.3 Å². The molecular weight excluding hydrogens is 493 g/mol. The summed E-state index contributed by atoms with van der Waals surface area (Å²) in [6.07, 6.45) is 2.57. The van der Waals surface area contributed by atoms with Crippen molar-refractivity contribution in [3.8, 4) is 11.6 Å². The first-order valence-electron chi connectivity index (χ1n) is 10.6. The lowest BCUT2D eigenvalue weighted by atomic mass is 9.98. The molecule has 0 bridgehead atoms. The van der Waals surface area contributed by atoms with Crippen molar-refractivity contribution in [3.63, 3.8) is 0 Å². The molecule has 0 saturated carbocycles. The highest BCUT2D eigenvalue weighted by molar-refractivity contribution is 6.30. The molecule has 10 heteroatoms. The molecule has 35 heavy (non-hydrogen) atoms. The lowest BCUT2D eigenvalue weighted by Crippen LogP contribution is -2.30. The van der Waals surface area contributed by atoms with Gasteiger partial charge in [-0.25, -0.2) is 4.98 Å². The van der Waals surface area contributed by atoms with Crippen LogP contribution in [0.2, 0.25) is 10.0 Å². The molecule has 1 heterocycles. The fraction of sp³-hybridized carbons (Fsp3) is 0.200. The average Bonchev–Trinajstić information content (AvgIpc) is 2.84. The van der Waals surface area contributed by atoms with Crippen molar-refractivity contribution in [1.29, 1.82) is 0 Å². The van der Waals surface area contributed by atoms with Crippen LogP contribution in [0.15, 0.2) is 54.7 Å². The zero-order valence-electron chi connectivity index (χ0n) is 18.9. The Morgan fingerprint density at radius 2 is 1.89 bits per heavy atom. The summed E-state index contributed by atoms with van der Waals surface area (Å²) in [5.41, 5.74) is 1.80. The Hall–Kier alpha value is -3.62. The Bertz CT molecular complexity index is 1190. The fourth-order valence-corrected chi connectivity index (χ4v) is 3.68. The van der Waals surface area contributed by atoms with Gasteiger partial charge in [0.05, 0.1) is 24.1 Å². The maximum Gasteiger partial charge on any atom is 0.293 e. The number of hydrogen-bond donors (Lipinski definition) is 1. The SMILES string of the molecule is CN(CCCOC=O)C(=O)c1c(NC=O)cnc(Oc2cccc(Cl)c2)c1Cc1ccc(Cl)cc1. The third kappa shape index (κ3) is 7.18. The fourth-order valence-electron chi connectivity index (χ4n) is 3.38. The van der Waals surface area contributed by atoms with Gasteiger partial charge in [0.25, 0.3) is 12.4 Å². The minimum atomic E-state index is -0.359. The molecule has 0 fully saturated rings. The predicted molar refractivity (Wildman–Crippen MR) is 133 cm³/mol. The zero-order valence-corrected chi connectivity index (χ0v) is 20.4. The second-order valence-corrected chi connectivity index (χ2v) is 8.38. The van der Waals surface area contributed by atoms with Crippen LogP contribution < -0.4 is 10.1 Å². The van der Waals surface area contributed by atoms with Crippen molar-refractivity contribution in [2.24, 2.45) is 0 Å². The van der Waals surface area contributed by atoms with Crippen LogP contribution in [0.25, 0.3) is 0 Å². The van der Waals surface area contributed by atoms with E-state index in [9.17, 15) is 14.4 Å². The molecule has 8 nitrogen and oxygen atoms in total. The van der Waals surface area contributed by atoms with E-state index in [4.69, 9.17) is 32.7 Å². The van der Waals surface area contributed by atoms with Gasteiger partial charge in [0.1, 0.15) is 5.75 Å². The lowest BCUT2D eigenvalue weighted by molar-refractivity contribution is -0.128. The van der Waals surface area contributed by atoms with Gasteiger partial charge in [-0.05, 0) is 42.3 Å². The first-order chi connectivity index (χ1) is 16.9. The van der Waals surface area contributed by atoms with Crippen LogP contribution in [0, 0.1) is 0 Å². The predicted octanol–water partition coefficient (Wildman–Crippen LogP) is 4.97. The number of benzene rings is 2. The summed E-state index contributed by atoms with van der Waals surface area (Å²) in [5.74, 6) is 0.277. The van der Waals surface area contributed by atoms with E-state index in [1.165, 1.54) is 11.1 Å². The normalized spacial score (nSPS) is 10.4. The number of hydrogen-bond acceptors (Lipinski definition) is 6. The number of aromatic nitrogens is 1. The Labute approximate surface area is 212 Å². The summed E-state index contributed by atoms with van der Waals surface area (Å²) in [5, 5.41) is 3.62. The minimum absolute atomic E-state index is 0.178. The molecule has 182 valence electrons. The molecule has 3 aromatic rings. The zero-order chi connectivity index (χ0) is 25.2. The van der Waals surface area contributed by atoms with E-state index in [-0.39, 0.29) is 36.1 Å². The third-order valence-electron chi connectivity index (χ3n) is 5.04. The molecule has 0 radical (unpaired) electrons. The number of carbonyl (C=O) groups is 3. The van der Waals surface area contributed by atoms with Crippen molar-refractivity contribution in [1.82, 2.24) is 9.88 Å². The Kier molecular flexibility index (Phi) is 9.46. The van der Waals surface area contributed by atoms with Gasteiger partial charge in [-0.1, -0.05) is 41.4 Å². The summed E-state index contributed by atoms with van der Waals surface area (Å²) in [7, 11) is 1.62. The number of anilines is 1. The number of nitrogens with one attached hydrogen (secondary N) is 1. The first-order valence-corrected chi connectivity index (χ1v) is 11.4.